The van der Waals surface area contributed by atoms with E-state index < -0.39 is 9.84 Å². The Morgan fingerprint density at radius 1 is 1.43 bits per heavy atom. The molecule has 2 atom stereocenters. The molecule has 1 fully saturated rings. The number of hydrogen-bond acceptors (Lipinski definition) is 7. The van der Waals surface area contributed by atoms with E-state index >= 15 is 0 Å². The fraction of sp³-hybridized carbons (Fsp3) is 0.667. The molecule has 1 saturated heterocycles. The summed E-state index contributed by atoms with van der Waals surface area (Å²) in [5.74, 6) is 0.104. The maximum atomic E-state index is 11.4. The van der Waals surface area contributed by atoms with Crippen molar-refractivity contribution in [3.63, 3.8) is 0 Å². The molecular formula is C21H31N3O4S2. The first kappa shape index (κ1) is 22.0. The minimum atomic E-state index is -2.99. The molecule has 7 nitrogen and oxygen atoms in total. The number of sulfone groups is 1. The molecule has 1 N–H and O–H groups in total. The average molecular weight is 454 g/mol. The van der Waals surface area contributed by atoms with Gasteiger partial charge in [0.05, 0.1) is 31.7 Å². The summed E-state index contributed by atoms with van der Waals surface area (Å²) in [7, 11) is -2.99. The monoisotopic (exact) mass is 453 g/mol. The number of ether oxygens (including phenoxy) is 1. The summed E-state index contributed by atoms with van der Waals surface area (Å²) in [5, 5.41) is 14.1. The molecule has 2 aromatic heterocycles. The normalized spacial score (nSPS) is 25.0. The van der Waals surface area contributed by atoms with Gasteiger partial charge in [-0.15, -0.1) is 11.3 Å². The number of aryl methyl sites for hydroxylation is 2. The molecule has 0 unspecified atom stereocenters. The molecule has 2 aliphatic heterocycles. The van der Waals surface area contributed by atoms with E-state index in [1.807, 2.05) is 12.4 Å². The van der Waals surface area contributed by atoms with Gasteiger partial charge in [0.1, 0.15) is 15.4 Å². The Balaban J connectivity index is 1.44. The van der Waals surface area contributed by atoms with Crippen molar-refractivity contribution in [3.8, 4) is 0 Å². The lowest BCUT2D eigenvalue weighted by Gasteiger charge is -2.47. The van der Waals surface area contributed by atoms with Gasteiger partial charge in [0.2, 0.25) is 0 Å². The Morgan fingerprint density at radius 3 is 2.93 bits per heavy atom. The molecule has 30 heavy (non-hydrogen) atoms. The first-order chi connectivity index (χ1) is 14.2. The van der Waals surface area contributed by atoms with Gasteiger partial charge in [-0.2, -0.15) is 5.10 Å². The van der Waals surface area contributed by atoms with E-state index in [0.717, 1.165) is 50.1 Å². The van der Waals surface area contributed by atoms with Gasteiger partial charge in [-0.1, -0.05) is 0 Å². The zero-order valence-corrected chi connectivity index (χ0v) is 19.6. The molecule has 0 aromatic carbocycles. The highest BCUT2D eigenvalue weighted by molar-refractivity contribution is 7.90. The highest BCUT2D eigenvalue weighted by Gasteiger charge is 2.45. The topological polar surface area (TPSA) is 84.7 Å². The van der Waals surface area contributed by atoms with Crippen LogP contribution in [0, 0.1) is 6.92 Å². The Bertz CT molecular complexity index is 1010. The third-order valence-corrected chi connectivity index (χ3v) is 8.74. The fourth-order valence-electron chi connectivity index (χ4n) is 4.81. The lowest BCUT2D eigenvalue weighted by Crippen LogP contribution is -2.50. The summed E-state index contributed by atoms with van der Waals surface area (Å²) in [5.41, 5.74) is 3.30. The van der Waals surface area contributed by atoms with Crippen LogP contribution in [0.1, 0.15) is 46.2 Å². The van der Waals surface area contributed by atoms with Crippen molar-refractivity contribution >= 4 is 21.2 Å². The second kappa shape index (κ2) is 8.35. The van der Waals surface area contributed by atoms with E-state index in [0.29, 0.717) is 12.6 Å². The Hall–Kier alpha value is -1.26. The van der Waals surface area contributed by atoms with Crippen LogP contribution in [0.3, 0.4) is 0 Å². The molecule has 1 spiro atoms. The molecular weight excluding hydrogens is 422 g/mol. The van der Waals surface area contributed by atoms with Crippen molar-refractivity contribution in [3.05, 3.63) is 38.8 Å². The number of fused-ring (bicyclic) bond motifs is 2. The van der Waals surface area contributed by atoms with Crippen LogP contribution in [-0.2, 0) is 46.3 Å². The summed E-state index contributed by atoms with van der Waals surface area (Å²) in [6.45, 7) is 7.30. The summed E-state index contributed by atoms with van der Waals surface area (Å²) in [6.07, 6.45) is 7.81. The zero-order chi connectivity index (χ0) is 21.5. The molecule has 2 aromatic rings. The van der Waals surface area contributed by atoms with Crippen LogP contribution >= 0.6 is 11.3 Å². The van der Waals surface area contributed by atoms with E-state index in [2.05, 4.69) is 23.8 Å². The van der Waals surface area contributed by atoms with E-state index in [1.54, 1.807) is 16.0 Å². The number of thiophene rings is 1. The molecule has 0 radical (unpaired) electrons. The number of piperidine rings is 1. The van der Waals surface area contributed by atoms with Gasteiger partial charge in [-0.05, 0) is 44.2 Å². The molecule has 0 amide bonds. The van der Waals surface area contributed by atoms with Crippen LogP contribution in [-0.4, -0.2) is 59.4 Å². The second-order valence-corrected chi connectivity index (χ2v) is 12.2. The van der Waals surface area contributed by atoms with Crippen LogP contribution in [0.2, 0.25) is 0 Å². The molecule has 2 aliphatic rings. The standard InChI is InChI=1S/C21H31N3O4S2/c1-15-10-21(20-18(4-8-28-21)19(14-25)16(2)29-20)5-6-23(15)12-17-11-22-24(13-17)7-9-30(3,26)27/h11,13,15,25H,4-10,12,14H2,1-3H3/t15-,21+/m0/s1. The third-order valence-electron chi connectivity index (χ3n) is 6.44. The smallest absolute Gasteiger partial charge is 0.149 e. The Labute approximate surface area is 182 Å². The molecule has 4 rings (SSSR count). The van der Waals surface area contributed by atoms with Crippen molar-refractivity contribution < 1.29 is 18.3 Å². The van der Waals surface area contributed by atoms with Crippen molar-refractivity contribution in [1.82, 2.24) is 14.7 Å². The van der Waals surface area contributed by atoms with E-state index in [4.69, 9.17) is 4.74 Å². The van der Waals surface area contributed by atoms with Crippen molar-refractivity contribution in [2.75, 3.05) is 25.2 Å². The maximum Gasteiger partial charge on any atom is 0.149 e. The first-order valence-electron chi connectivity index (χ1n) is 10.5. The minimum Gasteiger partial charge on any atom is -0.392 e. The highest BCUT2D eigenvalue weighted by atomic mass is 32.2. The lowest BCUT2D eigenvalue weighted by molar-refractivity contribution is -0.110. The molecule has 4 heterocycles. The van der Waals surface area contributed by atoms with Gasteiger partial charge < -0.3 is 9.84 Å². The Morgan fingerprint density at radius 2 is 2.23 bits per heavy atom. The van der Waals surface area contributed by atoms with Gasteiger partial charge in [-0.3, -0.25) is 9.58 Å². The quantitative estimate of drug-likeness (QED) is 0.722. The first-order valence-corrected chi connectivity index (χ1v) is 13.4. The SMILES string of the molecule is Cc1sc2c(c1CO)CCO[C@@]21CCN(Cc2cnn(CCS(C)(=O)=O)c2)[C@@H](C)C1. The van der Waals surface area contributed by atoms with Crippen LogP contribution in [0.4, 0.5) is 0 Å². The predicted octanol–water partition coefficient (Wildman–Crippen LogP) is 2.24. The van der Waals surface area contributed by atoms with Gasteiger partial charge in [0, 0.05) is 46.9 Å². The number of hydrogen-bond donors (Lipinski definition) is 1. The lowest BCUT2D eigenvalue weighted by atomic mass is 9.81. The Kier molecular flexibility index (Phi) is 6.11. The number of nitrogens with zero attached hydrogens (tertiary/aromatic N) is 3. The minimum absolute atomic E-state index is 0.104. The number of aliphatic hydroxyl groups excluding tert-OH is 1. The number of likely N-dealkylation sites (tertiary alicyclic amines) is 1. The van der Waals surface area contributed by atoms with Crippen LogP contribution in [0.25, 0.3) is 0 Å². The molecule has 0 aliphatic carbocycles. The van der Waals surface area contributed by atoms with E-state index in [9.17, 15) is 13.5 Å². The number of rotatable bonds is 6. The van der Waals surface area contributed by atoms with Crippen molar-refractivity contribution in [1.29, 1.82) is 0 Å². The van der Waals surface area contributed by atoms with E-state index in [1.165, 1.54) is 21.6 Å². The highest BCUT2D eigenvalue weighted by Crippen LogP contribution is 2.48. The molecule has 0 bridgehead atoms. The van der Waals surface area contributed by atoms with Gasteiger partial charge in [-0.25, -0.2) is 8.42 Å². The fourth-order valence-corrected chi connectivity index (χ4v) is 6.72. The average Bonchev–Trinajstić information content (AvgIpc) is 3.26. The van der Waals surface area contributed by atoms with Gasteiger partial charge >= 0.3 is 0 Å². The van der Waals surface area contributed by atoms with Crippen molar-refractivity contribution in [2.45, 2.75) is 64.4 Å². The number of aromatic nitrogens is 2. The van der Waals surface area contributed by atoms with Crippen LogP contribution in [0.5, 0.6) is 0 Å². The summed E-state index contributed by atoms with van der Waals surface area (Å²) in [6, 6.07) is 0.351. The maximum absolute atomic E-state index is 11.4. The van der Waals surface area contributed by atoms with Crippen molar-refractivity contribution in [2.24, 2.45) is 0 Å². The summed E-state index contributed by atoms with van der Waals surface area (Å²) >= 11 is 1.80. The number of aliphatic hydroxyl groups is 1. The molecule has 0 saturated carbocycles. The zero-order valence-electron chi connectivity index (χ0n) is 17.9. The second-order valence-electron chi connectivity index (χ2n) is 8.71. The third kappa shape index (κ3) is 4.36. The predicted molar refractivity (Wildman–Crippen MR) is 117 cm³/mol. The summed E-state index contributed by atoms with van der Waals surface area (Å²) in [4.78, 5) is 4.99. The summed E-state index contributed by atoms with van der Waals surface area (Å²) < 4.78 is 30.9. The van der Waals surface area contributed by atoms with Crippen LogP contribution < -0.4 is 0 Å². The van der Waals surface area contributed by atoms with Gasteiger partial charge in [0.15, 0.2) is 0 Å². The molecule has 9 heteroatoms. The van der Waals surface area contributed by atoms with Crippen LogP contribution in [0.15, 0.2) is 12.4 Å². The largest absolute Gasteiger partial charge is 0.392 e. The molecule has 166 valence electrons. The van der Waals surface area contributed by atoms with E-state index in [-0.39, 0.29) is 18.0 Å². The van der Waals surface area contributed by atoms with Gasteiger partial charge in [0.25, 0.3) is 0 Å².